The van der Waals surface area contributed by atoms with Crippen LogP contribution in [0.25, 0.3) is 0 Å². The van der Waals surface area contributed by atoms with Crippen molar-refractivity contribution in [3.63, 3.8) is 0 Å². The van der Waals surface area contributed by atoms with Gasteiger partial charge in [0.2, 0.25) is 5.95 Å². The first-order chi connectivity index (χ1) is 6.34. The van der Waals surface area contributed by atoms with Gasteiger partial charge in [-0.3, -0.25) is 0 Å². The molecule has 13 heavy (non-hydrogen) atoms. The molecule has 0 fully saturated rings. The Kier molecular flexibility index (Phi) is 2.49. The predicted molar refractivity (Wildman–Crippen MR) is 61.0 cm³/mol. The van der Waals surface area contributed by atoms with Crippen LogP contribution in [-0.2, 0) is 0 Å². The summed E-state index contributed by atoms with van der Waals surface area (Å²) in [4.78, 5) is 7.05. The standard InChI is InChI=1S/C9H8IN3/c10-7-2-1-3-8(6-7)13-9-11-4-5-12-9/h1-6H,(H2,11,12,13). The molecule has 0 spiro atoms. The minimum absolute atomic E-state index is 0.766. The SMILES string of the molecule is Ic1cccc(Nc2ncc[nH]2)c1. The Morgan fingerprint density at radius 2 is 2.31 bits per heavy atom. The zero-order valence-electron chi connectivity index (χ0n) is 6.79. The number of nitrogens with zero attached hydrogens (tertiary/aromatic N) is 1. The molecule has 1 heterocycles. The van der Waals surface area contributed by atoms with Crippen LogP contribution < -0.4 is 5.32 Å². The number of anilines is 2. The van der Waals surface area contributed by atoms with Crippen molar-refractivity contribution in [3.8, 4) is 0 Å². The third kappa shape index (κ3) is 2.21. The first-order valence-corrected chi connectivity index (χ1v) is 4.94. The lowest BCUT2D eigenvalue weighted by Gasteiger charge is -2.02. The lowest BCUT2D eigenvalue weighted by atomic mass is 10.3. The number of benzene rings is 1. The van der Waals surface area contributed by atoms with Crippen molar-refractivity contribution in [1.82, 2.24) is 9.97 Å². The fourth-order valence-corrected chi connectivity index (χ4v) is 1.58. The zero-order valence-corrected chi connectivity index (χ0v) is 8.95. The van der Waals surface area contributed by atoms with Gasteiger partial charge in [0.15, 0.2) is 0 Å². The summed E-state index contributed by atoms with van der Waals surface area (Å²) in [5, 5.41) is 3.15. The van der Waals surface area contributed by atoms with Gasteiger partial charge in [-0.1, -0.05) is 6.07 Å². The van der Waals surface area contributed by atoms with Gasteiger partial charge in [-0.25, -0.2) is 4.98 Å². The molecule has 2 rings (SSSR count). The third-order valence-corrected chi connectivity index (χ3v) is 2.26. The second kappa shape index (κ2) is 3.78. The number of H-pyrrole nitrogens is 1. The first kappa shape index (κ1) is 8.55. The van der Waals surface area contributed by atoms with Crippen molar-refractivity contribution in [3.05, 3.63) is 40.2 Å². The number of aromatic amines is 1. The highest BCUT2D eigenvalue weighted by Gasteiger charge is 1.95. The molecule has 66 valence electrons. The highest BCUT2D eigenvalue weighted by molar-refractivity contribution is 14.1. The van der Waals surface area contributed by atoms with Crippen LogP contribution in [0.1, 0.15) is 0 Å². The molecule has 0 saturated carbocycles. The van der Waals surface area contributed by atoms with Gasteiger partial charge in [0, 0.05) is 21.7 Å². The Morgan fingerprint density at radius 1 is 1.38 bits per heavy atom. The summed E-state index contributed by atoms with van der Waals surface area (Å²) >= 11 is 2.28. The molecule has 1 aromatic carbocycles. The smallest absolute Gasteiger partial charge is 0.204 e. The number of rotatable bonds is 2. The first-order valence-electron chi connectivity index (χ1n) is 3.86. The molecule has 0 aliphatic rings. The van der Waals surface area contributed by atoms with E-state index in [-0.39, 0.29) is 0 Å². The van der Waals surface area contributed by atoms with Gasteiger partial charge < -0.3 is 10.3 Å². The Hall–Kier alpha value is -1.04. The van der Waals surface area contributed by atoms with Crippen LogP contribution in [0.5, 0.6) is 0 Å². The quantitative estimate of drug-likeness (QED) is 0.833. The molecule has 0 radical (unpaired) electrons. The molecular formula is C9H8IN3. The Balaban J connectivity index is 2.19. The van der Waals surface area contributed by atoms with Crippen LogP contribution in [0, 0.1) is 3.57 Å². The average Bonchev–Trinajstić information content (AvgIpc) is 2.57. The largest absolute Gasteiger partial charge is 0.331 e. The maximum Gasteiger partial charge on any atom is 0.204 e. The average molecular weight is 285 g/mol. The summed E-state index contributed by atoms with van der Waals surface area (Å²) in [6, 6.07) is 8.12. The van der Waals surface area contributed by atoms with Crippen LogP contribution in [-0.4, -0.2) is 9.97 Å². The summed E-state index contributed by atoms with van der Waals surface area (Å²) in [6.07, 6.45) is 3.51. The highest BCUT2D eigenvalue weighted by atomic mass is 127. The maximum atomic E-state index is 4.07. The van der Waals surface area contributed by atoms with Crippen LogP contribution >= 0.6 is 22.6 Å². The van der Waals surface area contributed by atoms with E-state index in [9.17, 15) is 0 Å². The molecule has 0 unspecified atom stereocenters. The van der Waals surface area contributed by atoms with E-state index >= 15 is 0 Å². The number of halogens is 1. The van der Waals surface area contributed by atoms with Crippen LogP contribution in [0.3, 0.4) is 0 Å². The minimum Gasteiger partial charge on any atom is -0.331 e. The fraction of sp³-hybridized carbons (Fsp3) is 0. The number of nitrogens with one attached hydrogen (secondary N) is 2. The zero-order chi connectivity index (χ0) is 9.10. The van der Waals surface area contributed by atoms with Gasteiger partial charge in [-0.2, -0.15) is 0 Å². The number of hydrogen-bond donors (Lipinski definition) is 2. The van der Waals surface area contributed by atoms with Gasteiger partial charge in [-0.05, 0) is 40.8 Å². The molecule has 0 bridgehead atoms. The van der Waals surface area contributed by atoms with E-state index in [1.54, 1.807) is 12.4 Å². The number of hydrogen-bond acceptors (Lipinski definition) is 2. The lowest BCUT2D eigenvalue weighted by Crippen LogP contribution is -1.91. The normalized spacial score (nSPS) is 9.92. The Labute approximate surface area is 89.7 Å². The maximum absolute atomic E-state index is 4.07. The molecule has 0 saturated heterocycles. The Bertz CT molecular complexity index is 384. The van der Waals surface area contributed by atoms with E-state index in [2.05, 4.69) is 43.9 Å². The van der Waals surface area contributed by atoms with Crippen molar-refractivity contribution >= 4 is 34.2 Å². The molecule has 0 amide bonds. The van der Waals surface area contributed by atoms with Gasteiger partial charge >= 0.3 is 0 Å². The monoisotopic (exact) mass is 285 g/mol. The van der Waals surface area contributed by atoms with Gasteiger partial charge in [0.1, 0.15) is 0 Å². The van der Waals surface area contributed by atoms with Crippen molar-refractivity contribution in [2.45, 2.75) is 0 Å². The highest BCUT2D eigenvalue weighted by Crippen LogP contribution is 2.15. The Morgan fingerprint density at radius 3 is 3.00 bits per heavy atom. The molecule has 4 heteroatoms. The molecule has 0 aliphatic carbocycles. The van der Waals surface area contributed by atoms with E-state index in [0.717, 1.165) is 11.6 Å². The van der Waals surface area contributed by atoms with E-state index in [0.29, 0.717) is 0 Å². The summed E-state index contributed by atoms with van der Waals surface area (Å²) in [5.74, 6) is 0.766. The van der Waals surface area contributed by atoms with E-state index in [4.69, 9.17) is 0 Å². The van der Waals surface area contributed by atoms with Crippen LogP contribution in [0.4, 0.5) is 11.6 Å². The second-order valence-electron chi connectivity index (χ2n) is 2.57. The minimum atomic E-state index is 0.766. The summed E-state index contributed by atoms with van der Waals surface area (Å²) in [5.41, 5.74) is 1.04. The molecule has 0 aliphatic heterocycles. The van der Waals surface area contributed by atoms with Crippen molar-refractivity contribution < 1.29 is 0 Å². The molecule has 2 aromatic rings. The summed E-state index contributed by atoms with van der Waals surface area (Å²) < 4.78 is 1.20. The van der Waals surface area contributed by atoms with E-state index in [1.165, 1.54) is 3.57 Å². The van der Waals surface area contributed by atoms with Crippen LogP contribution in [0.2, 0.25) is 0 Å². The molecule has 1 aromatic heterocycles. The molecule has 3 nitrogen and oxygen atoms in total. The van der Waals surface area contributed by atoms with Gasteiger partial charge in [-0.15, -0.1) is 0 Å². The van der Waals surface area contributed by atoms with Gasteiger partial charge in [0.05, 0.1) is 0 Å². The third-order valence-electron chi connectivity index (χ3n) is 1.59. The topological polar surface area (TPSA) is 40.7 Å². The van der Waals surface area contributed by atoms with Crippen molar-refractivity contribution in [2.24, 2.45) is 0 Å². The number of imidazole rings is 1. The summed E-state index contributed by atoms with van der Waals surface area (Å²) in [6.45, 7) is 0. The van der Waals surface area contributed by atoms with E-state index < -0.39 is 0 Å². The van der Waals surface area contributed by atoms with Crippen molar-refractivity contribution in [1.29, 1.82) is 0 Å². The predicted octanol–water partition coefficient (Wildman–Crippen LogP) is 2.76. The van der Waals surface area contributed by atoms with Gasteiger partial charge in [0.25, 0.3) is 0 Å². The molecule has 0 atom stereocenters. The summed E-state index contributed by atoms with van der Waals surface area (Å²) in [7, 11) is 0. The second-order valence-corrected chi connectivity index (χ2v) is 3.82. The molecular weight excluding hydrogens is 277 g/mol. The molecule has 2 N–H and O–H groups in total. The number of aromatic nitrogens is 2. The van der Waals surface area contributed by atoms with E-state index in [1.807, 2.05) is 18.2 Å². The van der Waals surface area contributed by atoms with Crippen LogP contribution in [0.15, 0.2) is 36.7 Å². The van der Waals surface area contributed by atoms with Crippen molar-refractivity contribution in [2.75, 3.05) is 5.32 Å². The fourth-order valence-electron chi connectivity index (χ4n) is 1.04. The lowest BCUT2D eigenvalue weighted by molar-refractivity contribution is 1.29.